The molecule has 0 atom stereocenters. The van der Waals surface area contributed by atoms with E-state index in [9.17, 15) is 4.79 Å². The van der Waals surface area contributed by atoms with Gasteiger partial charge in [-0.25, -0.2) is 4.99 Å². The molecule has 25 heavy (non-hydrogen) atoms. The summed E-state index contributed by atoms with van der Waals surface area (Å²) in [5, 5.41) is 0. The minimum Gasteiger partial charge on any atom is -0.497 e. The lowest BCUT2D eigenvalue weighted by atomic mass is 10.2. The van der Waals surface area contributed by atoms with Crippen molar-refractivity contribution in [3.63, 3.8) is 0 Å². The van der Waals surface area contributed by atoms with E-state index in [1.54, 1.807) is 11.7 Å². The van der Waals surface area contributed by atoms with Crippen LogP contribution in [0.1, 0.15) is 5.56 Å². The Bertz CT molecular complexity index is 1050. The maximum atomic E-state index is 12.7. The number of benzene rings is 2. The predicted octanol–water partition coefficient (Wildman–Crippen LogP) is 1.80. The average Bonchev–Trinajstić information content (AvgIpc) is 2.98. The molecule has 0 fully saturated rings. The Labute approximate surface area is 148 Å². The molecule has 1 aromatic heterocycles. The second kappa shape index (κ2) is 6.57. The molecule has 1 aliphatic heterocycles. The number of para-hydroxylation sites is 1. The highest BCUT2D eigenvalue weighted by Crippen LogP contribution is 2.14. The maximum Gasteiger partial charge on any atom is 0.271 e. The highest BCUT2D eigenvalue weighted by atomic mass is 32.1. The molecule has 0 amide bonds. The minimum absolute atomic E-state index is 0.000184. The number of anilines is 1. The first-order chi connectivity index (χ1) is 12.2. The Hall–Kier alpha value is -2.86. The lowest BCUT2D eigenvalue weighted by molar-refractivity contribution is 0.415. The normalized spacial score (nSPS) is 14.1. The van der Waals surface area contributed by atoms with E-state index in [-0.39, 0.29) is 5.56 Å². The monoisotopic (exact) mass is 351 g/mol. The molecule has 0 spiro atoms. The zero-order chi connectivity index (χ0) is 17.2. The van der Waals surface area contributed by atoms with E-state index in [4.69, 9.17) is 4.74 Å². The molecular weight excluding hydrogens is 334 g/mol. The van der Waals surface area contributed by atoms with Gasteiger partial charge >= 0.3 is 0 Å². The van der Waals surface area contributed by atoms with Crippen LogP contribution >= 0.6 is 11.3 Å². The van der Waals surface area contributed by atoms with Crippen LogP contribution in [0.5, 0.6) is 5.75 Å². The van der Waals surface area contributed by atoms with E-state index in [1.165, 1.54) is 11.3 Å². The van der Waals surface area contributed by atoms with Gasteiger partial charge in [-0.15, -0.1) is 0 Å². The molecule has 2 aromatic carbocycles. The average molecular weight is 351 g/mol. The lowest BCUT2D eigenvalue weighted by Crippen LogP contribution is -2.42. The zero-order valence-corrected chi connectivity index (χ0v) is 14.6. The smallest absolute Gasteiger partial charge is 0.271 e. The molecule has 2 heterocycles. The Balaban J connectivity index is 1.69. The fraction of sp³-hybridized carbons (Fsp3) is 0.158. The van der Waals surface area contributed by atoms with E-state index in [0.29, 0.717) is 17.9 Å². The van der Waals surface area contributed by atoms with Crippen molar-refractivity contribution in [2.45, 2.75) is 6.67 Å². The van der Waals surface area contributed by atoms with Gasteiger partial charge in [0.25, 0.3) is 5.56 Å². The SMILES string of the molecule is COc1ccc(/C=c2\sc3n(c2=O)CN(c2ccccc2)CN=3)cc1. The number of rotatable bonds is 3. The topological polar surface area (TPSA) is 46.8 Å². The van der Waals surface area contributed by atoms with Crippen LogP contribution in [0.15, 0.2) is 64.4 Å². The number of hydrogen-bond acceptors (Lipinski definition) is 5. The van der Waals surface area contributed by atoms with Crippen molar-refractivity contribution in [2.75, 3.05) is 18.7 Å². The number of fused-ring (bicyclic) bond motifs is 1. The van der Waals surface area contributed by atoms with Crippen LogP contribution in [0.3, 0.4) is 0 Å². The summed E-state index contributed by atoms with van der Waals surface area (Å²) in [5.74, 6) is 0.799. The van der Waals surface area contributed by atoms with Crippen molar-refractivity contribution in [1.82, 2.24) is 4.57 Å². The second-order valence-electron chi connectivity index (χ2n) is 5.72. The molecule has 0 saturated heterocycles. The Kier molecular flexibility index (Phi) is 4.11. The van der Waals surface area contributed by atoms with Gasteiger partial charge in [-0.2, -0.15) is 0 Å². The van der Waals surface area contributed by atoms with Gasteiger partial charge in [-0.3, -0.25) is 9.36 Å². The maximum absolute atomic E-state index is 12.7. The molecule has 0 bridgehead atoms. The third-order valence-corrected chi connectivity index (χ3v) is 5.16. The summed E-state index contributed by atoms with van der Waals surface area (Å²) in [4.78, 5) is 20.2. The molecule has 0 unspecified atom stereocenters. The van der Waals surface area contributed by atoms with E-state index in [0.717, 1.165) is 21.8 Å². The van der Waals surface area contributed by atoms with Crippen molar-refractivity contribution in [1.29, 1.82) is 0 Å². The third-order valence-electron chi connectivity index (χ3n) is 4.11. The molecule has 0 saturated carbocycles. The zero-order valence-electron chi connectivity index (χ0n) is 13.8. The van der Waals surface area contributed by atoms with Crippen LogP contribution in [0.4, 0.5) is 5.69 Å². The molecule has 0 radical (unpaired) electrons. The van der Waals surface area contributed by atoms with Crippen molar-refractivity contribution in [3.05, 3.63) is 79.8 Å². The summed E-state index contributed by atoms with van der Waals surface area (Å²) in [6.07, 6.45) is 1.90. The van der Waals surface area contributed by atoms with Gasteiger partial charge in [0, 0.05) is 5.69 Å². The van der Waals surface area contributed by atoms with Gasteiger partial charge in [0.15, 0.2) is 4.80 Å². The van der Waals surface area contributed by atoms with Crippen LogP contribution in [0, 0.1) is 0 Å². The van der Waals surface area contributed by atoms with E-state index in [2.05, 4.69) is 9.89 Å². The van der Waals surface area contributed by atoms with E-state index in [1.807, 2.05) is 60.7 Å². The Morgan fingerprint density at radius 3 is 2.60 bits per heavy atom. The summed E-state index contributed by atoms with van der Waals surface area (Å²) in [7, 11) is 1.64. The van der Waals surface area contributed by atoms with Gasteiger partial charge in [-0.05, 0) is 35.9 Å². The molecule has 3 aromatic rings. The predicted molar refractivity (Wildman–Crippen MR) is 99.7 cm³/mol. The van der Waals surface area contributed by atoms with Crippen molar-refractivity contribution in [2.24, 2.45) is 4.99 Å². The first-order valence-corrected chi connectivity index (χ1v) is 8.76. The van der Waals surface area contributed by atoms with Gasteiger partial charge in [0.2, 0.25) is 0 Å². The standard InChI is InChI=1S/C19H17N3O2S/c1-24-16-9-7-14(8-10-16)11-17-18(23)22-13-21(12-20-19(22)25-17)15-5-3-2-4-6-15/h2-11H,12-13H2,1H3/b17-11-. The molecular formula is C19H17N3O2S. The van der Waals surface area contributed by atoms with Gasteiger partial charge in [0.05, 0.1) is 11.6 Å². The largest absolute Gasteiger partial charge is 0.497 e. The van der Waals surface area contributed by atoms with Crippen molar-refractivity contribution >= 4 is 23.1 Å². The van der Waals surface area contributed by atoms with Crippen molar-refractivity contribution < 1.29 is 4.74 Å². The second-order valence-corrected chi connectivity index (χ2v) is 6.73. The fourth-order valence-electron chi connectivity index (χ4n) is 2.77. The number of hydrogen-bond donors (Lipinski definition) is 0. The molecule has 4 rings (SSSR count). The van der Waals surface area contributed by atoms with Gasteiger partial charge < -0.3 is 9.64 Å². The first kappa shape index (κ1) is 15.7. The molecule has 0 aliphatic carbocycles. The van der Waals surface area contributed by atoms with E-state index >= 15 is 0 Å². The summed E-state index contributed by atoms with van der Waals surface area (Å²) >= 11 is 1.43. The molecule has 1 aliphatic rings. The highest BCUT2D eigenvalue weighted by Gasteiger charge is 2.15. The Morgan fingerprint density at radius 2 is 1.88 bits per heavy atom. The van der Waals surface area contributed by atoms with Gasteiger partial charge in [0.1, 0.15) is 19.1 Å². The number of thiazole rings is 1. The summed E-state index contributed by atoms with van der Waals surface area (Å²) in [5.41, 5.74) is 2.04. The van der Waals surface area contributed by atoms with Crippen LogP contribution in [0.25, 0.3) is 6.08 Å². The number of aromatic nitrogens is 1. The van der Waals surface area contributed by atoms with E-state index < -0.39 is 0 Å². The van der Waals surface area contributed by atoms with Crippen molar-refractivity contribution in [3.8, 4) is 5.75 Å². The summed E-state index contributed by atoms with van der Waals surface area (Å²) in [6.45, 7) is 1.08. The summed E-state index contributed by atoms with van der Waals surface area (Å²) in [6, 6.07) is 17.7. The molecule has 126 valence electrons. The highest BCUT2D eigenvalue weighted by molar-refractivity contribution is 7.07. The summed E-state index contributed by atoms with van der Waals surface area (Å²) < 4.78 is 7.59. The van der Waals surface area contributed by atoms with Crippen LogP contribution < -0.4 is 24.5 Å². The number of methoxy groups -OCH3 is 1. The number of ether oxygens (including phenoxy) is 1. The molecule has 5 nitrogen and oxygen atoms in total. The lowest BCUT2D eigenvalue weighted by Gasteiger charge is -2.25. The van der Waals surface area contributed by atoms with Crippen LogP contribution in [-0.2, 0) is 6.67 Å². The number of nitrogens with zero attached hydrogens (tertiary/aromatic N) is 3. The van der Waals surface area contributed by atoms with Crippen LogP contribution in [-0.4, -0.2) is 18.3 Å². The minimum atomic E-state index is 0.000184. The Morgan fingerprint density at radius 1 is 1.12 bits per heavy atom. The molecule has 6 heteroatoms. The first-order valence-electron chi connectivity index (χ1n) is 7.94. The molecule has 0 N–H and O–H groups in total. The van der Waals surface area contributed by atoms with Crippen LogP contribution in [0.2, 0.25) is 0 Å². The third kappa shape index (κ3) is 3.08. The quantitative estimate of drug-likeness (QED) is 0.723. The fourth-order valence-corrected chi connectivity index (χ4v) is 3.73. The van der Waals surface area contributed by atoms with Gasteiger partial charge in [-0.1, -0.05) is 41.7 Å².